The number of fused-ring (bicyclic) bond motifs is 6. The quantitative estimate of drug-likeness (QED) is 0.257. The van der Waals surface area contributed by atoms with E-state index in [1.165, 1.54) is 71.6 Å². The molecule has 7 aromatic rings. The fraction of sp³-hybridized carbons (Fsp3) is 0.0556. The van der Waals surface area contributed by atoms with Gasteiger partial charge >= 0.3 is 0 Å². The zero-order valence-electron chi connectivity index (χ0n) is 21.0. The summed E-state index contributed by atoms with van der Waals surface area (Å²) in [5, 5.41) is 5.10. The number of hydrogen-bond donors (Lipinski definition) is 1. The van der Waals surface area contributed by atoms with Crippen LogP contribution in [0.15, 0.2) is 127 Å². The van der Waals surface area contributed by atoms with E-state index in [0.29, 0.717) is 0 Å². The molecule has 2 nitrogen and oxygen atoms in total. The molecule has 0 radical (unpaired) electrons. The van der Waals surface area contributed by atoms with Gasteiger partial charge < -0.3 is 9.55 Å². The summed E-state index contributed by atoms with van der Waals surface area (Å²) >= 11 is 0. The molecule has 0 fully saturated rings. The van der Waals surface area contributed by atoms with Crippen molar-refractivity contribution in [2.45, 2.75) is 12.8 Å². The fourth-order valence-corrected chi connectivity index (χ4v) is 6.13. The molecule has 1 aliphatic rings. The molecule has 2 heteroatoms. The number of aromatic amines is 1. The summed E-state index contributed by atoms with van der Waals surface area (Å²) in [6.45, 7) is 0. The van der Waals surface area contributed by atoms with Gasteiger partial charge in [0.2, 0.25) is 0 Å². The van der Waals surface area contributed by atoms with Crippen LogP contribution in [0.3, 0.4) is 0 Å². The van der Waals surface area contributed by atoms with Gasteiger partial charge in [0.15, 0.2) is 0 Å². The summed E-state index contributed by atoms with van der Waals surface area (Å²) < 4.78 is 2.41. The van der Waals surface area contributed by atoms with Crippen LogP contribution >= 0.6 is 0 Å². The first kappa shape index (κ1) is 21.3. The zero-order chi connectivity index (χ0) is 25.1. The highest BCUT2D eigenvalue weighted by Gasteiger charge is 2.14. The normalized spacial score (nSPS) is 13.6. The molecule has 8 rings (SSSR count). The van der Waals surface area contributed by atoms with E-state index in [1.54, 1.807) is 0 Å². The van der Waals surface area contributed by atoms with Crippen molar-refractivity contribution in [3.05, 3.63) is 133 Å². The third kappa shape index (κ3) is 3.27. The third-order valence-electron chi connectivity index (χ3n) is 8.02. The molecular formula is C36H26N2. The van der Waals surface area contributed by atoms with Crippen LogP contribution in [0.4, 0.5) is 0 Å². The summed E-state index contributed by atoms with van der Waals surface area (Å²) in [5.74, 6) is 0. The van der Waals surface area contributed by atoms with Gasteiger partial charge in [-0.15, -0.1) is 0 Å². The van der Waals surface area contributed by atoms with Gasteiger partial charge in [-0.05, 0) is 71.5 Å². The van der Waals surface area contributed by atoms with Crippen LogP contribution in [0, 0.1) is 0 Å². The summed E-state index contributed by atoms with van der Waals surface area (Å²) in [6, 6.07) is 40.0. The third-order valence-corrected chi connectivity index (χ3v) is 8.02. The van der Waals surface area contributed by atoms with Crippen LogP contribution in [-0.4, -0.2) is 9.55 Å². The second-order valence-electron chi connectivity index (χ2n) is 10.2. The van der Waals surface area contributed by atoms with Gasteiger partial charge in [-0.3, -0.25) is 0 Å². The summed E-state index contributed by atoms with van der Waals surface area (Å²) in [6.07, 6.45) is 8.88. The van der Waals surface area contributed by atoms with Gasteiger partial charge in [0.1, 0.15) is 0 Å². The minimum absolute atomic E-state index is 1.11. The van der Waals surface area contributed by atoms with Gasteiger partial charge in [-0.1, -0.05) is 91.0 Å². The van der Waals surface area contributed by atoms with Crippen LogP contribution < -0.4 is 0 Å². The molecule has 0 bridgehead atoms. The van der Waals surface area contributed by atoms with Crippen molar-refractivity contribution in [1.82, 2.24) is 9.55 Å². The Balaban J connectivity index is 1.30. The second-order valence-corrected chi connectivity index (χ2v) is 10.2. The Bertz CT molecular complexity index is 2060. The Labute approximate surface area is 221 Å². The number of hydrogen-bond acceptors (Lipinski definition) is 0. The topological polar surface area (TPSA) is 20.7 Å². The molecular weight excluding hydrogens is 460 g/mol. The van der Waals surface area contributed by atoms with Crippen molar-refractivity contribution < 1.29 is 0 Å². The smallest absolute Gasteiger partial charge is 0.0547 e. The Morgan fingerprint density at radius 1 is 0.553 bits per heavy atom. The maximum absolute atomic E-state index is 3.60. The second kappa shape index (κ2) is 8.36. The van der Waals surface area contributed by atoms with Crippen LogP contribution in [0.2, 0.25) is 0 Å². The van der Waals surface area contributed by atoms with Crippen LogP contribution in [-0.2, 0) is 0 Å². The molecule has 2 heterocycles. The molecule has 1 aliphatic carbocycles. The molecule has 0 spiro atoms. The van der Waals surface area contributed by atoms with E-state index in [1.807, 2.05) is 0 Å². The van der Waals surface area contributed by atoms with E-state index in [0.717, 1.165) is 12.8 Å². The van der Waals surface area contributed by atoms with Crippen molar-refractivity contribution in [2.75, 3.05) is 0 Å². The number of benzene rings is 5. The minimum atomic E-state index is 1.11. The maximum atomic E-state index is 3.60. The standard InChI is InChI=1S/C36H26N2/c1-2-8-24(9-3-1)25-14-18-28(19-15-25)38-35-13-7-5-11-31(35)32-21-17-27(23-36(32)38)26-16-20-30-29-10-4-6-12-33(29)37-34(30)22-26/h1-2,4-8,10-23,37H,3,9H2. The van der Waals surface area contributed by atoms with Crippen molar-refractivity contribution in [1.29, 1.82) is 0 Å². The van der Waals surface area contributed by atoms with E-state index in [4.69, 9.17) is 0 Å². The highest BCUT2D eigenvalue weighted by atomic mass is 15.0. The number of allylic oxidation sites excluding steroid dienone is 4. The van der Waals surface area contributed by atoms with Crippen molar-refractivity contribution in [2.24, 2.45) is 0 Å². The molecule has 5 aromatic carbocycles. The van der Waals surface area contributed by atoms with Gasteiger partial charge in [0, 0.05) is 38.3 Å². The SMILES string of the molecule is C1=CCCC(c2ccc(-n3c4ccccc4c4ccc(-c5ccc6c(c5)[nH]c5ccccc56)cc43)cc2)=C1. The van der Waals surface area contributed by atoms with E-state index >= 15 is 0 Å². The molecule has 180 valence electrons. The Kier molecular flexibility index (Phi) is 4.68. The summed E-state index contributed by atoms with van der Waals surface area (Å²) in [5.41, 5.74) is 11.2. The number of rotatable bonds is 3. The van der Waals surface area contributed by atoms with E-state index < -0.39 is 0 Å². The molecule has 38 heavy (non-hydrogen) atoms. The first-order valence-corrected chi connectivity index (χ1v) is 13.3. The average Bonchev–Trinajstić information content (AvgIpc) is 3.52. The molecule has 1 N–H and O–H groups in total. The Morgan fingerprint density at radius 2 is 1.24 bits per heavy atom. The number of nitrogens with zero attached hydrogens (tertiary/aromatic N) is 1. The Hall–Kier alpha value is -4.82. The lowest BCUT2D eigenvalue weighted by atomic mass is 9.97. The highest BCUT2D eigenvalue weighted by Crippen LogP contribution is 2.36. The first-order chi connectivity index (χ1) is 18.8. The zero-order valence-corrected chi connectivity index (χ0v) is 21.0. The molecule has 0 amide bonds. The lowest BCUT2D eigenvalue weighted by Gasteiger charge is -2.12. The predicted octanol–water partition coefficient (Wildman–Crippen LogP) is 9.82. The summed E-state index contributed by atoms with van der Waals surface area (Å²) in [7, 11) is 0. The number of H-pyrrole nitrogens is 1. The van der Waals surface area contributed by atoms with Crippen LogP contribution in [0.5, 0.6) is 0 Å². The van der Waals surface area contributed by atoms with Gasteiger partial charge in [0.25, 0.3) is 0 Å². The monoisotopic (exact) mass is 486 g/mol. The van der Waals surface area contributed by atoms with Crippen molar-refractivity contribution in [3.8, 4) is 16.8 Å². The lowest BCUT2D eigenvalue weighted by molar-refractivity contribution is 1.05. The summed E-state index contributed by atoms with van der Waals surface area (Å²) in [4.78, 5) is 3.60. The maximum Gasteiger partial charge on any atom is 0.0547 e. The molecule has 0 unspecified atom stereocenters. The molecule has 0 atom stereocenters. The minimum Gasteiger partial charge on any atom is -0.354 e. The number of para-hydroxylation sites is 2. The van der Waals surface area contributed by atoms with Crippen molar-refractivity contribution in [3.63, 3.8) is 0 Å². The van der Waals surface area contributed by atoms with Gasteiger partial charge in [0.05, 0.1) is 11.0 Å². The predicted molar refractivity (Wildman–Crippen MR) is 162 cm³/mol. The molecule has 0 saturated carbocycles. The van der Waals surface area contributed by atoms with E-state index in [-0.39, 0.29) is 0 Å². The van der Waals surface area contributed by atoms with Gasteiger partial charge in [-0.25, -0.2) is 0 Å². The van der Waals surface area contributed by atoms with Crippen molar-refractivity contribution >= 4 is 49.2 Å². The molecule has 0 aliphatic heterocycles. The largest absolute Gasteiger partial charge is 0.354 e. The fourth-order valence-electron chi connectivity index (χ4n) is 6.13. The highest BCUT2D eigenvalue weighted by molar-refractivity contribution is 6.11. The average molecular weight is 487 g/mol. The number of aromatic nitrogens is 2. The Morgan fingerprint density at radius 3 is 2.08 bits per heavy atom. The molecule has 0 saturated heterocycles. The lowest BCUT2D eigenvalue weighted by Crippen LogP contribution is -1.95. The molecule has 2 aromatic heterocycles. The van der Waals surface area contributed by atoms with E-state index in [9.17, 15) is 0 Å². The van der Waals surface area contributed by atoms with E-state index in [2.05, 4.69) is 137 Å². The first-order valence-electron chi connectivity index (χ1n) is 13.3. The number of nitrogens with one attached hydrogen (secondary N) is 1. The van der Waals surface area contributed by atoms with Crippen LogP contribution in [0.1, 0.15) is 18.4 Å². The van der Waals surface area contributed by atoms with Gasteiger partial charge in [-0.2, -0.15) is 0 Å². The van der Waals surface area contributed by atoms with Crippen LogP contribution in [0.25, 0.3) is 66.0 Å².